The van der Waals surface area contributed by atoms with Gasteiger partial charge in [-0.2, -0.15) is 0 Å². The Morgan fingerprint density at radius 1 is 1.21 bits per heavy atom. The number of hydrogen-bond donors (Lipinski definition) is 1. The Bertz CT molecular complexity index is 1180. The normalized spacial score (nSPS) is 10.7. The van der Waals surface area contributed by atoms with Gasteiger partial charge in [-0.1, -0.05) is 23.8 Å². The maximum Gasteiger partial charge on any atom is 0.257 e. The first-order valence-corrected chi connectivity index (χ1v) is 9.68. The van der Waals surface area contributed by atoms with Gasteiger partial charge in [-0.15, -0.1) is 16.4 Å². The lowest BCUT2D eigenvalue weighted by Gasteiger charge is -2.07. The number of carbonyl (C=O) groups is 1. The van der Waals surface area contributed by atoms with Gasteiger partial charge in [0, 0.05) is 29.1 Å². The summed E-state index contributed by atoms with van der Waals surface area (Å²) in [6.45, 7) is 2.01. The fourth-order valence-electron chi connectivity index (χ4n) is 2.92. The molecule has 0 unspecified atom stereocenters. The van der Waals surface area contributed by atoms with Crippen LogP contribution in [0.15, 0.2) is 47.8 Å². The van der Waals surface area contributed by atoms with Crippen LogP contribution in [0.3, 0.4) is 0 Å². The van der Waals surface area contributed by atoms with Gasteiger partial charge in [0.05, 0.1) is 12.8 Å². The maximum absolute atomic E-state index is 12.7. The fourth-order valence-corrected chi connectivity index (χ4v) is 3.63. The Hall–Kier alpha value is -3.59. The van der Waals surface area contributed by atoms with Crippen molar-refractivity contribution < 1.29 is 9.53 Å². The first-order valence-electron chi connectivity index (χ1n) is 8.80. The van der Waals surface area contributed by atoms with E-state index in [4.69, 9.17) is 4.74 Å². The van der Waals surface area contributed by atoms with Gasteiger partial charge in [-0.25, -0.2) is 9.67 Å². The van der Waals surface area contributed by atoms with Crippen LogP contribution in [0.25, 0.3) is 22.6 Å². The van der Waals surface area contributed by atoms with Crippen LogP contribution in [0.2, 0.25) is 0 Å². The van der Waals surface area contributed by atoms with E-state index in [9.17, 15) is 4.79 Å². The largest absolute Gasteiger partial charge is 0.496 e. The van der Waals surface area contributed by atoms with Gasteiger partial charge in [0.15, 0.2) is 11.0 Å². The predicted octanol–water partition coefficient (Wildman–Crippen LogP) is 3.57. The number of aryl methyl sites for hydroxylation is 2. The topological polar surface area (TPSA) is 94.8 Å². The smallest absolute Gasteiger partial charge is 0.257 e. The number of aromatic nitrogens is 5. The molecule has 0 radical (unpaired) electrons. The summed E-state index contributed by atoms with van der Waals surface area (Å²) in [4.78, 5) is 17.3. The molecule has 0 saturated heterocycles. The lowest BCUT2D eigenvalue weighted by molar-refractivity contribution is 0.102. The van der Waals surface area contributed by atoms with Crippen LogP contribution < -0.4 is 10.1 Å². The molecule has 0 aliphatic heterocycles. The molecule has 8 nitrogen and oxygen atoms in total. The SMILES string of the molecule is COc1ccc(C)cc1-c1csc(NC(=O)c2cccc(-c3nnnn3C)c2)n1. The van der Waals surface area contributed by atoms with Gasteiger partial charge >= 0.3 is 0 Å². The number of ether oxygens (including phenoxy) is 1. The molecule has 0 atom stereocenters. The molecule has 2 aromatic carbocycles. The average Bonchev–Trinajstić information content (AvgIpc) is 3.37. The van der Waals surface area contributed by atoms with Crippen molar-refractivity contribution >= 4 is 22.4 Å². The molecule has 2 heterocycles. The van der Waals surface area contributed by atoms with Crippen LogP contribution in [0.4, 0.5) is 5.13 Å². The van der Waals surface area contributed by atoms with Crippen molar-refractivity contribution in [1.82, 2.24) is 25.2 Å². The van der Waals surface area contributed by atoms with Crippen LogP contribution in [0.5, 0.6) is 5.75 Å². The Labute approximate surface area is 171 Å². The molecule has 29 heavy (non-hydrogen) atoms. The number of tetrazole rings is 1. The molecule has 0 bridgehead atoms. The molecule has 0 aliphatic rings. The van der Waals surface area contributed by atoms with E-state index in [2.05, 4.69) is 25.8 Å². The number of anilines is 1. The molecule has 1 amide bonds. The van der Waals surface area contributed by atoms with E-state index < -0.39 is 0 Å². The summed E-state index contributed by atoms with van der Waals surface area (Å²) in [6.07, 6.45) is 0. The second-order valence-corrected chi connectivity index (χ2v) is 7.26. The van der Waals surface area contributed by atoms with E-state index >= 15 is 0 Å². The summed E-state index contributed by atoms with van der Waals surface area (Å²) in [5.41, 5.74) is 4.00. The lowest BCUT2D eigenvalue weighted by atomic mass is 10.1. The Balaban J connectivity index is 1.56. The quantitative estimate of drug-likeness (QED) is 0.544. The van der Waals surface area contributed by atoms with E-state index in [1.807, 2.05) is 36.6 Å². The number of rotatable bonds is 5. The minimum absolute atomic E-state index is 0.251. The van der Waals surface area contributed by atoms with Gasteiger partial charge < -0.3 is 4.74 Å². The van der Waals surface area contributed by atoms with Crippen molar-refractivity contribution in [2.75, 3.05) is 12.4 Å². The van der Waals surface area contributed by atoms with E-state index in [-0.39, 0.29) is 5.91 Å². The lowest BCUT2D eigenvalue weighted by Crippen LogP contribution is -2.11. The predicted molar refractivity (Wildman–Crippen MR) is 111 cm³/mol. The number of methoxy groups -OCH3 is 1. The summed E-state index contributed by atoms with van der Waals surface area (Å²) >= 11 is 1.36. The van der Waals surface area contributed by atoms with Gasteiger partial charge in [0.25, 0.3) is 5.91 Å². The van der Waals surface area contributed by atoms with E-state index in [0.717, 1.165) is 28.1 Å². The van der Waals surface area contributed by atoms with Crippen molar-refractivity contribution in [2.45, 2.75) is 6.92 Å². The number of thiazole rings is 1. The molecule has 1 N–H and O–H groups in total. The Morgan fingerprint density at radius 3 is 2.83 bits per heavy atom. The van der Waals surface area contributed by atoms with Crippen LogP contribution in [0, 0.1) is 6.92 Å². The van der Waals surface area contributed by atoms with Crippen molar-refractivity contribution in [3.05, 3.63) is 59.0 Å². The first kappa shape index (κ1) is 18.8. The standard InChI is InChI=1S/C20H18N6O2S/c1-12-7-8-17(28-3)15(9-12)16-11-29-20(21-16)22-19(27)14-6-4-5-13(10-14)18-23-24-25-26(18)2/h4-11H,1-3H3,(H,21,22,27). The van der Waals surface area contributed by atoms with Gasteiger partial charge in [-0.3, -0.25) is 10.1 Å². The highest BCUT2D eigenvalue weighted by atomic mass is 32.1. The Morgan fingerprint density at radius 2 is 2.07 bits per heavy atom. The molecule has 0 saturated carbocycles. The molecule has 2 aromatic heterocycles. The number of benzene rings is 2. The zero-order valence-corrected chi connectivity index (χ0v) is 16.9. The van der Waals surface area contributed by atoms with Gasteiger partial charge in [0.2, 0.25) is 0 Å². The minimum Gasteiger partial charge on any atom is -0.496 e. The Kier molecular flexibility index (Phi) is 5.05. The van der Waals surface area contributed by atoms with Crippen molar-refractivity contribution in [1.29, 1.82) is 0 Å². The third-order valence-corrected chi connectivity index (χ3v) is 5.12. The zero-order valence-electron chi connectivity index (χ0n) is 16.1. The second kappa shape index (κ2) is 7.80. The fraction of sp³-hybridized carbons (Fsp3) is 0.150. The third kappa shape index (κ3) is 3.85. The number of carbonyl (C=O) groups excluding carboxylic acids is 1. The van der Waals surface area contributed by atoms with Crippen LogP contribution in [-0.4, -0.2) is 38.2 Å². The number of hydrogen-bond acceptors (Lipinski definition) is 7. The van der Waals surface area contributed by atoms with Gasteiger partial charge in [0.1, 0.15) is 5.75 Å². The number of amides is 1. The average molecular weight is 406 g/mol. The van der Waals surface area contributed by atoms with E-state index in [0.29, 0.717) is 16.5 Å². The summed E-state index contributed by atoms with van der Waals surface area (Å²) < 4.78 is 6.99. The number of nitrogens with zero attached hydrogens (tertiary/aromatic N) is 5. The first-order chi connectivity index (χ1) is 14.0. The second-order valence-electron chi connectivity index (χ2n) is 6.40. The monoisotopic (exact) mass is 406 g/mol. The van der Waals surface area contributed by atoms with Crippen LogP contribution in [0.1, 0.15) is 15.9 Å². The van der Waals surface area contributed by atoms with Gasteiger partial charge in [-0.05, 0) is 41.6 Å². The molecule has 0 aliphatic carbocycles. The highest BCUT2D eigenvalue weighted by Gasteiger charge is 2.14. The summed E-state index contributed by atoms with van der Waals surface area (Å²) in [5, 5.41) is 16.7. The molecule has 0 spiro atoms. The summed E-state index contributed by atoms with van der Waals surface area (Å²) in [6, 6.07) is 13.0. The van der Waals surface area contributed by atoms with E-state index in [1.54, 1.807) is 37.0 Å². The molecular formula is C20H18N6O2S. The molecule has 4 aromatic rings. The highest BCUT2D eigenvalue weighted by Crippen LogP contribution is 2.33. The van der Waals surface area contributed by atoms with Crippen LogP contribution >= 0.6 is 11.3 Å². The minimum atomic E-state index is -0.251. The van der Waals surface area contributed by atoms with Crippen molar-refractivity contribution in [2.24, 2.45) is 7.05 Å². The molecule has 0 fully saturated rings. The number of nitrogens with one attached hydrogen (secondary N) is 1. The molecular weight excluding hydrogens is 388 g/mol. The summed E-state index contributed by atoms with van der Waals surface area (Å²) in [5.74, 6) is 1.07. The molecule has 9 heteroatoms. The highest BCUT2D eigenvalue weighted by molar-refractivity contribution is 7.14. The third-order valence-electron chi connectivity index (χ3n) is 4.36. The van der Waals surface area contributed by atoms with Crippen LogP contribution in [-0.2, 0) is 7.05 Å². The van der Waals surface area contributed by atoms with E-state index in [1.165, 1.54) is 11.3 Å². The van der Waals surface area contributed by atoms with Crippen molar-refractivity contribution in [3.8, 4) is 28.4 Å². The summed E-state index contributed by atoms with van der Waals surface area (Å²) in [7, 11) is 3.38. The maximum atomic E-state index is 12.7. The molecule has 4 rings (SSSR count). The zero-order chi connectivity index (χ0) is 20.4. The molecule has 146 valence electrons. The van der Waals surface area contributed by atoms with Crippen molar-refractivity contribution in [3.63, 3.8) is 0 Å².